The van der Waals surface area contributed by atoms with E-state index in [4.69, 9.17) is 16.3 Å². The van der Waals surface area contributed by atoms with Gasteiger partial charge < -0.3 is 20.5 Å². The van der Waals surface area contributed by atoms with Crippen LogP contribution in [0.15, 0.2) is 24.3 Å². The maximum absolute atomic E-state index is 12.1. The lowest BCUT2D eigenvalue weighted by atomic mass is 9.96. The lowest BCUT2D eigenvalue weighted by Gasteiger charge is -2.33. The van der Waals surface area contributed by atoms with Crippen LogP contribution < -0.4 is 10.6 Å². The Bertz CT molecular complexity index is 540. The van der Waals surface area contributed by atoms with E-state index in [0.29, 0.717) is 10.6 Å². The van der Waals surface area contributed by atoms with Crippen molar-refractivity contribution in [3.8, 4) is 0 Å². The Balaban J connectivity index is 1.87. The number of amides is 2. The number of hydrogen-bond donors (Lipinski definition) is 3. The molecule has 2 rings (SSSR count). The minimum atomic E-state index is -1.23. The highest BCUT2D eigenvalue weighted by atomic mass is 35.5. The van der Waals surface area contributed by atoms with Crippen LogP contribution in [0.2, 0.25) is 5.02 Å². The summed E-state index contributed by atoms with van der Waals surface area (Å²) in [7, 11) is 0. The Morgan fingerprint density at radius 2 is 1.96 bits per heavy atom. The molecule has 1 saturated heterocycles. The first-order valence-corrected chi connectivity index (χ1v) is 8.33. The quantitative estimate of drug-likeness (QED) is 0.789. The number of aliphatic hydroxyl groups is 1. The summed E-state index contributed by atoms with van der Waals surface area (Å²) in [5.41, 5.74) is -0.637. The summed E-state index contributed by atoms with van der Waals surface area (Å²) in [5, 5.41) is 16.7. The summed E-state index contributed by atoms with van der Waals surface area (Å²) in [6.07, 6.45) is 1.85. The number of carbonyl (C=O) groups excluding carboxylic acids is 1. The van der Waals surface area contributed by atoms with Gasteiger partial charge in [-0.15, -0.1) is 0 Å². The Morgan fingerprint density at radius 1 is 1.35 bits per heavy atom. The van der Waals surface area contributed by atoms with Crippen LogP contribution in [-0.2, 0) is 10.3 Å². The smallest absolute Gasteiger partial charge is 0.315 e. The molecule has 0 aromatic heterocycles. The first-order chi connectivity index (χ1) is 10.8. The van der Waals surface area contributed by atoms with Gasteiger partial charge in [-0.3, -0.25) is 0 Å². The van der Waals surface area contributed by atoms with E-state index in [2.05, 4.69) is 10.6 Å². The predicted molar refractivity (Wildman–Crippen MR) is 90.6 cm³/mol. The van der Waals surface area contributed by atoms with Crippen LogP contribution in [0.25, 0.3) is 0 Å². The summed E-state index contributed by atoms with van der Waals surface area (Å²) < 4.78 is 5.66. The van der Waals surface area contributed by atoms with Gasteiger partial charge in [-0.25, -0.2) is 4.79 Å². The molecule has 1 aromatic rings. The number of benzene rings is 1. The van der Waals surface area contributed by atoms with Gasteiger partial charge in [0.15, 0.2) is 0 Å². The van der Waals surface area contributed by atoms with Crippen LogP contribution >= 0.6 is 11.6 Å². The molecule has 0 bridgehead atoms. The van der Waals surface area contributed by atoms with E-state index >= 15 is 0 Å². The van der Waals surface area contributed by atoms with Crippen molar-refractivity contribution in [3.63, 3.8) is 0 Å². The zero-order valence-corrected chi connectivity index (χ0v) is 14.6. The molecule has 2 amide bonds. The fraction of sp³-hybridized carbons (Fsp3) is 0.588. The third-order valence-corrected chi connectivity index (χ3v) is 4.41. The van der Waals surface area contributed by atoms with Gasteiger partial charge in [0, 0.05) is 16.6 Å². The second kappa shape index (κ2) is 7.51. The zero-order valence-electron chi connectivity index (χ0n) is 13.8. The standard InChI is InChI=1S/C17H25ClN2O3/c1-11-8-13(9-12(2)23-11)20-16(21)19-10-17(3,22)14-6-4-5-7-15(14)18/h4-7,11-13,22H,8-10H2,1-3H3,(H2,19,20,21)/t11-,12-,17+/m1/s1. The third-order valence-electron chi connectivity index (χ3n) is 4.08. The second-order valence-corrected chi connectivity index (χ2v) is 6.91. The van der Waals surface area contributed by atoms with Crippen molar-refractivity contribution in [1.29, 1.82) is 0 Å². The van der Waals surface area contributed by atoms with Gasteiger partial charge in [0.05, 0.1) is 18.8 Å². The summed E-state index contributed by atoms with van der Waals surface area (Å²) in [6, 6.07) is 6.87. The van der Waals surface area contributed by atoms with Gasteiger partial charge in [-0.05, 0) is 39.7 Å². The van der Waals surface area contributed by atoms with Crippen LogP contribution in [0.4, 0.5) is 4.79 Å². The number of urea groups is 1. The number of ether oxygens (including phenoxy) is 1. The first-order valence-electron chi connectivity index (χ1n) is 7.95. The minimum Gasteiger partial charge on any atom is -0.384 e. The molecule has 128 valence electrons. The number of halogens is 1. The highest BCUT2D eigenvalue weighted by Crippen LogP contribution is 2.27. The van der Waals surface area contributed by atoms with E-state index in [1.807, 2.05) is 13.8 Å². The molecule has 1 heterocycles. The van der Waals surface area contributed by atoms with Crippen molar-refractivity contribution in [3.05, 3.63) is 34.9 Å². The monoisotopic (exact) mass is 340 g/mol. The normalized spacial score (nSPS) is 27.1. The van der Waals surface area contributed by atoms with Crippen LogP contribution in [0.3, 0.4) is 0 Å². The van der Waals surface area contributed by atoms with Crippen molar-refractivity contribution >= 4 is 17.6 Å². The molecule has 0 saturated carbocycles. The van der Waals surface area contributed by atoms with Crippen LogP contribution in [0, 0.1) is 0 Å². The number of carbonyl (C=O) groups is 1. The zero-order chi connectivity index (χ0) is 17.0. The summed E-state index contributed by atoms with van der Waals surface area (Å²) in [5.74, 6) is 0. The number of nitrogens with one attached hydrogen (secondary N) is 2. The molecule has 0 spiro atoms. The van der Waals surface area contributed by atoms with E-state index in [1.54, 1.807) is 31.2 Å². The molecule has 6 heteroatoms. The maximum Gasteiger partial charge on any atom is 0.315 e. The molecule has 0 unspecified atom stereocenters. The fourth-order valence-electron chi connectivity index (χ4n) is 3.01. The molecule has 1 aromatic carbocycles. The molecule has 0 radical (unpaired) electrons. The first kappa shape index (κ1) is 18.0. The Kier molecular flexibility index (Phi) is 5.89. The average Bonchev–Trinajstić information content (AvgIpc) is 2.44. The SMILES string of the molecule is C[C@@H]1CC(NC(=O)NC[C@](C)(O)c2ccccc2Cl)C[C@@H](C)O1. The summed E-state index contributed by atoms with van der Waals surface area (Å²) >= 11 is 6.11. The lowest BCUT2D eigenvalue weighted by molar-refractivity contribution is -0.0403. The highest BCUT2D eigenvalue weighted by molar-refractivity contribution is 6.31. The molecule has 5 nitrogen and oxygen atoms in total. The molecule has 1 aliphatic rings. The van der Waals surface area contributed by atoms with Crippen molar-refractivity contribution < 1.29 is 14.6 Å². The third kappa shape index (κ3) is 5.09. The van der Waals surface area contributed by atoms with Crippen molar-refractivity contribution in [2.75, 3.05) is 6.54 Å². The number of rotatable bonds is 4. The average molecular weight is 341 g/mol. The van der Waals surface area contributed by atoms with Crippen LogP contribution in [0.1, 0.15) is 39.2 Å². The van der Waals surface area contributed by atoms with Gasteiger partial charge >= 0.3 is 6.03 Å². The number of hydrogen-bond acceptors (Lipinski definition) is 3. The van der Waals surface area contributed by atoms with Gasteiger partial charge in [-0.2, -0.15) is 0 Å². The second-order valence-electron chi connectivity index (χ2n) is 6.51. The van der Waals surface area contributed by atoms with Gasteiger partial charge in [0.1, 0.15) is 5.60 Å². The van der Waals surface area contributed by atoms with Gasteiger partial charge in [0.2, 0.25) is 0 Å². The maximum atomic E-state index is 12.1. The topological polar surface area (TPSA) is 70.6 Å². The largest absolute Gasteiger partial charge is 0.384 e. The van der Waals surface area contributed by atoms with E-state index in [-0.39, 0.29) is 30.8 Å². The van der Waals surface area contributed by atoms with E-state index in [1.165, 1.54) is 0 Å². The molecule has 1 fully saturated rings. The summed E-state index contributed by atoms with van der Waals surface area (Å²) in [4.78, 5) is 12.1. The Labute approximate surface area is 142 Å². The van der Waals surface area contributed by atoms with E-state index < -0.39 is 5.60 Å². The summed E-state index contributed by atoms with van der Waals surface area (Å²) in [6.45, 7) is 5.72. The lowest BCUT2D eigenvalue weighted by Crippen LogP contribution is -2.50. The highest BCUT2D eigenvalue weighted by Gasteiger charge is 2.28. The Hall–Kier alpha value is -1.30. The van der Waals surface area contributed by atoms with Gasteiger partial charge in [0.25, 0.3) is 0 Å². The molecule has 3 atom stereocenters. The molecule has 0 aliphatic carbocycles. The van der Waals surface area contributed by atoms with E-state index in [9.17, 15) is 9.90 Å². The Morgan fingerprint density at radius 3 is 2.57 bits per heavy atom. The molecule has 23 heavy (non-hydrogen) atoms. The van der Waals surface area contributed by atoms with Crippen LogP contribution in [0.5, 0.6) is 0 Å². The molecule has 3 N–H and O–H groups in total. The van der Waals surface area contributed by atoms with Gasteiger partial charge in [-0.1, -0.05) is 29.8 Å². The van der Waals surface area contributed by atoms with Crippen molar-refractivity contribution in [2.45, 2.75) is 57.5 Å². The van der Waals surface area contributed by atoms with Crippen molar-refractivity contribution in [1.82, 2.24) is 10.6 Å². The fourth-order valence-corrected chi connectivity index (χ4v) is 3.34. The minimum absolute atomic E-state index is 0.0803. The molecular weight excluding hydrogens is 316 g/mol. The van der Waals surface area contributed by atoms with Crippen LogP contribution in [-0.4, -0.2) is 35.9 Å². The molecular formula is C17H25ClN2O3. The predicted octanol–water partition coefficient (Wildman–Crippen LogP) is 2.80. The van der Waals surface area contributed by atoms with E-state index in [0.717, 1.165) is 12.8 Å². The molecule has 1 aliphatic heterocycles. The van der Waals surface area contributed by atoms with Crippen molar-refractivity contribution in [2.24, 2.45) is 0 Å².